The first-order chi connectivity index (χ1) is 10.2. The molecule has 3 rings (SSSR count). The van der Waals surface area contributed by atoms with Crippen LogP contribution in [0.3, 0.4) is 0 Å². The summed E-state index contributed by atoms with van der Waals surface area (Å²) in [5.41, 5.74) is 2.97. The van der Waals surface area contributed by atoms with Gasteiger partial charge >= 0.3 is 0 Å². The van der Waals surface area contributed by atoms with E-state index in [1.807, 2.05) is 31.3 Å². The van der Waals surface area contributed by atoms with E-state index in [1.165, 1.54) is 0 Å². The molecule has 0 spiro atoms. The summed E-state index contributed by atoms with van der Waals surface area (Å²) >= 11 is 3.55. The molecule has 0 bridgehead atoms. The Morgan fingerprint density at radius 3 is 2.81 bits per heavy atom. The molecule has 1 aromatic carbocycles. The lowest BCUT2D eigenvalue weighted by molar-refractivity contribution is 0.991. The van der Waals surface area contributed by atoms with Crippen molar-refractivity contribution in [3.05, 3.63) is 46.7 Å². The first-order valence-electron chi connectivity index (χ1n) is 6.82. The fraction of sp³-hybridized carbons (Fsp3) is 0.188. The first kappa shape index (κ1) is 13.9. The molecule has 106 valence electrons. The quantitative estimate of drug-likeness (QED) is 0.779. The Kier molecular flexibility index (Phi) is 3.84. The number of hydrogen-bond donors (Lipinski definition) is 1. The van der Waals surface area contributed by atoms with Crippen LogP contribution in [0.2, 0.25) is 0 Å². The molecule has 21 heavy (non-hydrogen) atoms. The predicted octanol–water partition coefficient (Wildman–Crippen LogP) is 4.06. The Bertz CT molecular complexity index is 776. The van der Waals surface area contributed by atoms with Crippen LogP contribution in [0.25, 0.3) is 22.3 Å². The van der Waals surface area contributed by atoms with Crippen molar-refractivity contribution in [1.82, 2.24) is 15.0 Å². The zero-order valence-corrected chi connectivity index (χ0v) is 13.5. The van der Waals surface area contributed by atoms with Crippen molar-refractivity contribution < 1.29 is 0 Å². The van der Waals surface area contributed by atoms with Crippen molar-refractivity contribution in [2.45, 2.75) is 13.3 Å². The maximum absolute atomic E-state index is 4.66. The highest BCUT2D eigenvalue weighted by molar-refractivity contribution is 9.10. The third kappa shape index (κ3) is 2.61. The van der Waals surface area contributed by atoms with Crippen LogP contribution in [0.4, 0.5) is 5.82 Å². The molecule has 0 fully saturated rings. The van der Waals surface area contributed by atoms with E-state index in [2.05, 4.69) is 49.2 Å². The normalized spacial score (nSPS) is 10.8. The minimum atomic E-state index is 0.727. The number of benzene rings is 1. The molecule has 4 nitrogen and oxygen atoms in total. The Hall–Kier alpha value is -2.01. The second-order valence-electron chi connectivity index (χ2n) is 4.67. The molecule has 0 atom stereocenters. The SMILES string of the molecule is CCc1nc(-c2ccc3ncccc3c2)nc(NC)c1Br. The second-order valence-corrected chi connectivity index (χ2v) is 5.46. The van der Waals surface area contributed by atoms with Gasteiger partial charge < -0.3 is 5.32 Å². The highest BCUT2D eigenvalue weighted by Crippen LogP contribution is 2.28. The van der Waals surface area contributed by atoms with Crippen LogP contribution in [0, 0.1) is 0 Å². The van der Waals surface area contributed by atoms with Crippen LogP contribution in [0.5, 0.6) is 0 Å². The summed E-state index contributed by atoms with van der Waals surface area (Å²) in [5.74, 6) is 1.54. The van der Waals surface area contributed by atoms with Crippen molar-refractivity contribution in [2.75, 3.05) is 12.4 Å². The van der Waals surface area contributed by atoms with Gasteiger partial charge in [0.25, 0.3) is 0 Å². The smallest absolute Gasteiger partial charge is 0.161 e. The van der Waals surface area contributed by atoms with Gasteiger partial charge in [-0.25, -0.2) is 9.97 Å². The number of nitrogens with zero attached hydrogens (tertiary/aromatic N) is 3. The number of aryl methyl sites for hydroxylation is 1. The highest BCUT2D eigenvalue weighted by Gasteiger charge is 2.11. The summed E-state index contributed by atoms with van der Waals surface area (Å²) in [6, 6.07) is 10.1. The van der Waals surface area contributed by atoms with Gasteiger partial charge in [-0.15, -0.1) is 0 Å². The van der Waals surface area contributed by atoms with Crippen molar-refractivity contribution in [3.8, 4) is 11.4 Å². The number of anilines is 1. The third-order valence-electron chi connectivity index (χ3n) is 3.35. The van der Waals surface area contributed by atoms with Gasteiger partial charge in [0.05, 0.1) is 15.7 Å². The molecule has 3 aromatic rings. The molecular weight excluding hydrogens is 328 g/mol. The number of halogens is 1. The molecule has 2 aromatic heterocycles. The number of hydrogen-bond acceptors (Lipinski definition) is 4. The molecule has 2 heterocycles. The molecule has 0 saturated carbocycles. The van der Waals surface area contributed by atoms with E-state index >= 15 is 0 Å². The Morgan fingerprint density at radius 2 is 2.05 bits per heavy atom. The van der Waals surface area contributed by atoms with Gasteiger partial charge in [-0.1, -0.05) is 13.0 Å². The van der Waals surface area contributed by atoms with Gasteiger partial charge in [0.2, 0.25) is 0 Å². The number of rotatable bonds is 3. The Labute approximate surface area is 131 Å². The highest BCUT2D eigenvalue weighted by atomic mass is 79.9. The largest absolute Gasteiger partial charge is 0.372 e. The van der Waals surface area contributed by atoms with Gasteiger partial charge in [0, 0.05) is 24.2 Å². The fourth-order valence-electron chi connectivity index (χ4n) is 2.24. The number of nitrogens with one attached hydrogen (secondary N) is 1. The van der Waals surface area contributed by atoms with E-state index in [0.29, 0.717) is 0 Å². The van der Waals surface area contributed by atoms with Crippen molar-refractivity contribution in [2.24, 2.45) is 0 Å². The van der Waals surface area contributed by atoms with Gasteiger partial charge in [0.15, 0.2) is 5.82 Å². The number of fused-ring (bicyclic) bond motifs is 1. The monoisotopic (exact) mass is 342 g/mol. The molecule has 1 N–H and O–H groups in total. The average Bonchev–Trinajstić information content (AvgIpc) is 2.54. The maximum Gasteiger partial charge on any atom is 0.161 e. The molecule has 0 aliphatic carbocycles. The number of pyridine rings is 1. The molecule has 5 heteroatoms. The summed E-state index contributed by atoms with van der Waals surface area (Å²) in [6.45, 7) is 2.08. The minimum Gasteiger partial charge on any atom is -0.372 e. The lowest BCUT2D eigenvalue weighted by Gasteiger charge is -2.10. The van der Waals surface area contributed by atoms with E-state index in [1.54, 1.807) is 6.20 Å². The van der Waals surface area contributed by atoms with Crippen LogP contribution in [0.15, 0.2) is 41.0 Å². The van der Waals surface area contributed by atoms with E-state index < -0.39 is 0 Å². The van der Waals surface area contributed by atoms with E-state index in [0.717, 1.165) is 44.7 Å². The van der Waals surface area contributed by atoms with Crippen molar-refractivity contribution >= 4 is 32.7 Å². The average molecular weight is 343 g/mol. The van der Waals surface area contributed by atoms with Gasteiger partial charge in [-0.3, -0.25) is 4.98 Å². The second kappa shape index (κ2) is 5.77. The van der Waals surface area contributed by atoms with Gasteiger partial charge in [0.1, 0.15) is 5.82 Å². The van der Waals surface area contributed by atoms with Crippen LogP contribution >= 0.6 is 15.9 Å². The molecule has 0 amide bonds. The topological polar surface area (TPSA) is 50.7 Å². The third-order valence-corrected chi connectivity index (χ3v) is 4.19. The molecule has 0 aliphatic rings. The van der Waals surface area contributed by atoms with E-state index in [-0.39, 0.29) is 0 Å². The molecular formula is C16H15BrN4. The molecule has 0 aliphatic heterocycles. The first-order valence-corrected chi connectivity index (χ1v) is 7.61. The van der Waals surface area contributed by atoms with E-state index in [9.17, 15) is 0 Å². The lowest BCUT2D eigenvalue weighted by atomic mass is 10.1. The standard InChI is InChI=1S/C16H15BrN4/c1-3-12-14(17)16(18-2)21-15(20-12)11-6-7-13-10(9-11)5-4-8-19-13/h4-9H,3H2,1-2H3,(H,18,20,21). The summed E-state index contributed by atoms with van der Waals surface area (Å²) in [7, 11) is 1.86. The van der Waals surface area contributed by atoms with Crippen LogP contribution in [-0.2, 0) is 6.42 Å². The maximum atomic E-state index is 4.66. The van der Waals surface area contributed by atoms with Gasteiger partial charge in [-0.2, -0.15) is 0 Å². The fourth-order valence-corrected chi connectivity index (χ4v) is 2.89. The zero-order chi connectivity index (χ0) is 14.8. The van der Waals surface area contributed by atoms with Crippen LogP contribution in [-0.4, -0.2) is 22.0 Å². The van der Waals surface area contributed by atoms with Crippen molar-refractivity contribution in [1.29, 1.82) is 0 Å². The van der Waals surface area contributed by atoms with Gasteiger partial charge in [-0.05, 0) is 46.6 Å². The van der Waals surface area contributed by atoms with Crippen molar-refractivity contribution in [3.63, 3.8) is 0 Å². The molecule has 0 unspecified atom stereocenters. The zero-order valence-electron chi connectivity index (χ0n) is 11.9. The lowest BCUT2D eigenvalue weighted by Crippen LogP contribution is -2.02. The summed E-state index contributed by atoms with van der Waals surface area (Å²) in [5, 5.41) is 4.20. The summed E-state index contributed by atoms with van der Waals surface area (Å²) in [4.78, 5) is 13.6. The Morgan fingerprint density at radius 1 is 1.19 bits per heavy atom. The van der Waals surface area contributed by atoms with E-state index in [4.69, 9.17) is 0 Å². The molecule has 0 radical (unpaired) electrons. The van der Waals surface area contributed by atoms with Crippen LogP contribution in [0.1, 0.15) is 12.6 Å². The molecule has 0 saturated heterocycles. The summed E-state index contributed by atoms with van der Waals surface area (Å²) < 4.78 is 0.929. The van der Waals surface area contributed by atoms with Crippen LogP contribution < -0.4 is 5.32 Å². The predicted molar refractivity (Wildman–Crippen MR) is 89.4 cm³/mol. The summed E-state index contributed by atoms with van der Waals surface area (Å²) in [6.07, 6.45) is 2.65. The Balaban J connectivity index is 2.17. The minimum absolute atomic E-state index is 0.727. The number of aromatic nitrogens is 3.